The first kappa shape index (κ1) is 15.9. The molecule has 0 saturated carbocycles. The topological polar surface area (TPSA) is 20.3 Å². The highest BCUT2D eigenvalue weighted by Crippen LogP contribution is 2.20. The molecule has 0 bridgehead atoms. The van der Waals surface area contributed by atoms with E-state index in [4.69, 9.17) is 0 Å². The molecular weight excluding hydrogens is 330 g/mol. The van der Waals surface area contributed by atoms with Crippen molar-refractivity contribution in [2.75, 3.05) is 18.4 Å². The summed E-state index contributed by atoms with van der Waals surface area (Å²) >= 11 is 2.98. The van der Waals surface area contributed by atoms with Gasteiger partial charge < -0.3 is 4.90 Å². The first-order chi connectivity index (χ1) is 8.76. The molecule has 1 aromatic rings. The number of halogens is 5. The Bertz CT molecular complexity index is 462. The molecule has 0 radical (unpaired) electrons. The second-order valence-electron chi connectivity index (χ2n) is 3.97. The van der Waals surface area contributed by atoms with Crippen molar-refractivity contribution < 1.29 is 22.4 Å². The van der Waals surface area contributed by atoms with Gasteiger partial charge in [0.05, 0.1) is 5.56 Å². The largest absolute Gasteiger partial charge is 0.406 e. The van der Waals surface area contributed by atoms with E-state index in [0.717, 1.165) is 0 Å². The van der Waals surface area contributed by atoms with Gasteiger partial charge >= 0.3 is 6.18 Å². The summed E-state index contributed by atoms with van der Waals surface area (Å²) in [4.78, 5) is 12.5. The smallest absolute Gasteiger partial charge is 0.329 e. The van der Waals surface area contributed by atoms with Crippen LogP contribution in [0.25, 0.3) is 0 Å². The van der Waals surface area contributed by atoms with Gasteiger partial charge in [-0.1, -0.05) is 28.1 Å². The highest BCUT2D eigenvalue weighted by atomic mass is 79.9. The summed E-state index contributed by atoms with van der Waals surface area (Å²) in [7, 11) is 0. The first-order valence-corrected chi connectivity index (χ1v) is 6.55. The molecule has 0 fully saturated rings. The second kappa shape index (κ2) is 6.36. The van der Waals surface area contributed by atoms with Gasteiger partial charge in [-0.3, -0.25) is 4.79 Å². The summed E-state index contributed by atoms with van der Waals surface area (Å²) in [5, 5.41) is 0.183. The van der Waals surface area contributed by atoms with Crippen LogP contribution in [0.5, 0.6) is 0 Å². The minimum absolute atomic E-state index is 0.147. The van der Waals surface area contributed by atoms with Crippen molar-refractivity contribution in [2.45, 2.75) is 13.1 Å². The van der Waals surface area contributed by atoms with Gasteiger partial charge in [0.1, 0.15) is 12.4 Å². The molecule has 0 N–H and O–H groups in total. The van der Waals surface area contributed by atoms with E-state index >= 15 is 0 Å². The Hall–Kier alpha value is -1.11. The maximum Gasteiger partial charge on any atom is 0.406 e. The fraction of sp³-hybridized carbons (Fsp3) is 0.417. The maximum atomic E-state index is 13.7. The van der Waals surface area contributed by atoms with Crippen molar-refractivity contribution >= 4 is 21.8 Å². The van der Waals surface area contributed by atoms with Crippen molar-refractivity contribution in [3.63, 3.8) is 0 Å². The monoisotopic (exact) mass is 341 g/mol. The Kier molecular flexibility index (Phi) is 5.34. The quantitative estimate of drug-likeness (QED) is 0.606. The summed E-state index contributed by atoms with van der Waals surface area (Å²) in [6, 6.07) is 4.07. The van der Waals surface area contributed by atoms with Crippen molar-refractivity contribution in [1.82, 2.24) is 4.90 Å². The molecular formula is C12H12BrF4NO. The molecule has 0 saturated heterocycles. The molecule has 19 heavy (non-hydrogen) atoms. The van der Waals surface area contributed by atoms with Crippen LogP contribution in [0, 0.1) is 12.7 Å². The van der Waals surface area contributed by atoms with Crippen LogP contribution < -0.4 is 0 Å². The molecule has 0 aromatic heterocycles. The van der Waals surface area contributed by atoms with Crippen molar-refractivity contribution in [3.8, 4) is 0 Å². The SMILES string of the molecule is Cc1cccc(C(=O)N(CCBr)CC(F)(F)F)c1F. The standard InChI is InChI=1S/C12H12BrF4NO/c1-8-3-2-4-9(10(8)14)11(19)18(6-5-13)7-12(15,16)17/h2-4H,5-7H2,1H3. The van der Waals surface area contributed by atoms with Gasteiger partial charge in [0.2, 0.25) is 0 Å². The van der Waals surface area contributed by atoms with E-state index in [1.54, 1.807) is 0 Å². The lowest BCUT2D eigenvalue weighted by atomic mass is 10.1. The fourth-order valence-corrected chi connectivity index (χ4v) is 1.98. The van der Waals surface area contributed by atoms with Crippen molar-refractivity contribution in [1.29, 1.82) is 0 Å². The summed E-state index contributed by atoms with van der Waals surface area (Å²) in [5.74, 6) is -1.74. The summed E-state index contributed by atoms with van der Waals surface area (Å²) in [6.45, 7) is -0.0960. The Morgan fingerprint density at radius 2 is 2.00 bits per heavy atom. The van der Waals surface area contributed by atoms with E-state index in [1.165, 1.54) is 25.1 Å². The van der Waals surface area contributed by atoms with E-state index in [1.807, 2.05) is 0 Å². The molecule has 0 unspecified atom stereocenters. The lowest BCUT2D eigenvalue weighted by molar-refractivity contribution is -0.140. The Morgan fingerprint density at radius 1 is 1.37 bits per heavy atom. The molecule has 0 aliphatic rings. The molecule has 1 aromatic carbocycles. The molecule has 2 nitrogen and oxygen atoms in total. The molecule has 0 aliphatic heterocycles. The van der Waals surface area contributed by atoms with Gasteiger partial charge in [-0.05, 0) is 18.6 Å². The number of alkyl halides is 4. The lowest BCUT2D eigenvalue weighted by Gasteiger charge is -2.23. The number of benzene rings is 1. The van der Waals surface area contributed by atoms with Gasteiger partial charge in [0.25, 0.3) is 5.91 Å². The second-order valence-corrected chi connectivity index (χ2v) is 4.76. The highest BCUT2D eigenvalue weighted by Gasteiger charge is 2.33. The van der Waals surface area contributed by atoms with Gasteiger partial charge in [-0.2, -0.15) is 13.2 Å². The van der Waals surface area contributed by atoms with E-state index in [2.05, 4.69) is 15.9 Å². The third kappa shape index (κ3) is 4.49. The zero-order chi connectivity index (χ0) is 14.6. The number of carbonyl (C=O) groups is 1. The van der Waals surface area contributed by atoms with Crippen molar-refractivity contribution in [2.24, 2.45) is 0 Å². The molecule has 7 heteroatoms. The highest BCUT2D eigenvalue weighted by molar-refractivity contribution is 9.09. The minimum Gasteiger partial charge on any atom is -0.329 e. The summed E-state index contributed by atoms with van der Waals surface area (Å²) < 4.78 is 50.9. The number of amides is 1. The number of hydrogen-bond acceptors (Lipinski definition) is 1. The summed E-state index contributed by atoms with van der Waals surface area (Å²) in [5.41, 5.74) is -0.123. The third-order valence-corrected chi connectivity index (χ3v) is 2.79. The van der Waals surface area contributed by atoms with Crippen LogP contribution in [-0.4, -0.2) is 35.4 Å². The zero-order valence-corrected chi connectivity index (χ0v) is 11.7. The van der Waals surface area contributed by atoms with Crippen LogP contribution in [0.1, 0.15) is 15.9 Å². The number of nitrogens with zero attached hydrogens (tertiary/aromatic N) is 1. The van der Waals surface area contributed by atoms with E-state index in [0.29, 0.717) is 4.90 Å². The molecule has 0 heterocycles. The van der Waals surface area contributed by atoms with Crippen LogP contribution >= 0.6 is 15.9 Å². The van der Waals surface area contributed by atoms with E-state index in [9.17, 15) is 22.4 Å². The first-order valence-electron chi connectivity index (χ1n) is 5.43. The average Bonchev–Trinajstić information content (AvgIpc) is 2.30. The Labute approximate surface area is 116 Å². The molecule has 1 amide bonds. The maximum absolute atomic E-state index is 13.7. The number of aryl methyl sites for hydroxylation is 1. The Morgan fingerprint density at radius 3 is 2.53 bits per heavy atom. The predicted octanol–water partition coefficient (Wildman–Crippen LogP) is 3.53. The normalized spacial score (nSPS) is 11.5. The molecule has 0 aliphatic carbocycles. The molecule has 0 atom stereocenters. The van der Waals surface area contributed by atoms with E-state index in [-0.39, 0.29) is 23.0 Å². The lowest BCUT2D eigenvalue weighted by Crippen LogP contribution is -2.40. The van der Waals surface area contributed by atoms with Crippen LogP contribution in [0.3, 0.4) is 0 Å². The third-order valence-electron chi connectivity index (χ3n) is 2.43. The van der Waals surface area contributed by atoms with Gasteiger partial charge in [-0.15, -0.1) is 0 Å². The van der Waals surface area contributed by atoms with Gasteiger partial charge in [0.15, 0.2) is 0 Å². The average molecular weight is 342 g/mol. The molecule has 0 spiro atoms. The molecule has 1 rings (SSSR count). The van der Waals surface area contributed by atoms with Gasteiger partial charge in [-0.25, -0.2) is 4.39 Å². The van der Waals surface area contributed by atoms with Crippen LogP contribution in [0.15, 0.2) is 18.2 Å². The van der Waals surface area contributed by atoms with Crippen molar-refractivity contribution in [3.05, 3.63) is 35.1 Å². The molecule has 106 valence electrons. The predicted molar refractivity (Wildman–Crippen MR) is 66.9 cm³/mol. The van der Waals surface area contributed by atoms with Gasteiger partial charge in [0, 0.05) is 11.9 Å². The summed E-state index contributed by atoms with van der Waals surface area (Å²) in [6.07, 6.45) is -4.52. The van der Waals surface area contributed by atoms with Crippen LogP contribution in [0.4, 0.5) is 17.6 Å². The van der Waals surface area contributed by atoms with Crippen LogP contribution in [0.2, 0.25) is 0 Å². The van der Waals surface area contributed by atoms with E-state index < -0.39 is 24.4 Å². The number of carbonyl (C=O) groups excluding carboxylic acids is 1. The zero-order valence-electron chi connectivity index (χ0n) is 10.1. The number of rotatable bonds is 4. The fourth-order valence-electron chi connectivity index (χ4n) is 1.55. The Balaban J connectivity index is 3.02. The minimum atomic E-state index is -4.52. The van der Waals surface area contributed by atoms with Crippen LogP contribution in [-0.2, 0) is 0 Å². The number of hydrogen-bond donors (Lipinski definition) is 0.